The van der Waals surface area contributed by atoms with Gasteiger partial charge in [0.1, 0.15) is 12.4 Å². The molecule has 108 valence electrons. The number of carboxylic acid groups (broad SMARTS) is 1. The van der Waals surface area contributed by atoms with Crippen molar-refractivity contribution in [2.45, 2.75) is 12.3 Å². The highest BCUT2D eigenvalue weighted by molar-refractivity contribution is 5.69. The number of carbonyl (C=O) groups is 2. The molecule has 0 aliphatic heterocycles. The van der Waals surface area contributed by atoms with E-state index in [2.05, 4.69) is 11.9 Å². The molecule has 0 aromatic heterocycles. The van der Waals surface area contributed by atoms with Gasteiger partial charge in [-0.1, -0.05) is 30.9 Å². The summed E-state index contributed by atoms with van der Waals surface area (Å²) in [7, 11) is 0. The third-order valence-electron chi connectivity index (χ3n) is 2.62. The monoisotopic (exact) mass is 279 g/mol. The Morgan fingerprint density at radius 1 is 1.40 bits per heavy atom. The van der Waals surface area contributed by atoms with E-state index >= 15 is 0 Å². The summed E-state index contributed by atoms with van der Waals surface area (Å²) >= 11 is 0. The fraction of sp³-hybridized carbons (Fsp3) is 0.286. The molecule has 0 saturated carbocycles. The summed E-state index contributed by atoms with van der Waals surface area (Å²) in [5, 5.41) is 21.1. The van der Waals surface area contributed by atoms with Crippen molar-refractivity contribution in [1.29, 1.82) is 0 Å². The molecule has 1 amide bonds. The van der Waals surface area contributed by atoms with Crippen molar-refractivity contribution in [2.24, 2.45) is 0 Å². The Bertz CT molecular complexity index is 486. The summed E-state index contributed by atoms with van der Waals surface area (Å²) < 4.78 is 4.73. The number of alkyl carbamates (subject to hydrolysis) is 1. The molecule has 0 aliphatic carbocycles. The van der Waals surface area contributed by atoms with Crippen molar-refractivity contribution in [3.63, 3.8) is 0 Å². The maximum atomic E-state index is 11.3. The van der Waals surface area contributed by atoms with Gasteiger partial charge in [0, 0.05) is 12.5 Å². The average Bonchev–Trinajstić information content (AvgIpc) is 2.41. The second kappa shape index (κ2) is 7.83. The normalized spacial score (nSPS) is 11.4. The number of aromatic hydroxyl groups is 1. The molecule has 1 atom stereocenters. The number of para-hydroxylation sites is 1. The molecule has 1 aromatic carbocycles. The molecule has 0 radical (unpaired) electrons. The fourth-order valence-corrected chi connectivity index (χ4v) is 1.73. The minimum atomic E-state index is -1.01. The lowest BCUT2D eigenvalue weighted by Gasteiger charge is -2.17. The lowest BCUT2D eigenvalue weighted by molar-refractivity contribution is -0.137. The summed E-state index contributed by atoms with van der Waals surface area (Å²) in [6, 6.07) is 6.43. The summed E-state index contributed by atoms with van der Waals surface area (Å²) in [6.07, 6.45) is 0.562. The number of hydrogen-bond donors (Lipinski definition) is 3. The van der Waals surface area contributed by atoms with Gasteiger partial charge in [0.25, 0.3) is 0 Å². The molecule has 6 nitrogen and oxygen atoms in total. The first kappa shape index (κ1) is 15.6. The molecule has 3 N–H and O–H groups in total. The third-order valence-corrected chi connectivity index (χ3v) is 2.62. The number of hydrogen-bond acceptors (Lipinski definition) is 4. The van der Waals surface area contributed by atoms with Gasteiger partial charge < -0.3 is 20.3 Å². The zero-order valence-corrected chi connectivity index (χ0v) is 10.9. The van der Waals surface area contributed by atoms with Crippen molar-refractivity contribution >= 4 is 12.1 Å². The Labute approximate surface area is 116 Å². The minimum absolute atomic E-state index is 0.00000821. The van der Waals surface area contributed by atoms with E-state index in [1.165, 1.54) is 12.1 Å². The van der Waals surface area contributed by atoms with Gasteiger partial charge in [0.05, 0.1) is 6.42 Å². The lowest BCUT2D eigenvalue weighted by atomic mass is 9.95. The van der Waals surface area contributed by atoms with Gasteiger partial charge in [0.15, 0.2) is 0 Å². The van der Waals surface area contributed by atoms with Crippen LogP contribution in [0.4, 0.5) is 4.79 Å². The standard InChI is InChI=1S/C14H17NO5/c1-2-7-20-14(19)15-9-10(8-13(17)18)11-5-3-4-6-12(11)16/h2-6,10,16H,1,7-9H2,(H,15,19)(H,17,18). The molecule has 0 heterocycles. The number of phenols is 1. The van der Waals surface area contributed by atoms with Gasteiger partial charge in [0.2, 0.25) is 0 Å². The molecule has 0 spiro atoms. The molecule has 0 saturated heterocycles. The number of rotatable bonds is 7. The Morgan fingerprint density at radius 2 is 2.10 bits per heavy atom. The highest BCUT2D eigenvalue weighted by Gasteiger charge is 2.19. The second-order valence-electron chi connectivity index (χ2n) is 4.12. The fourth-order valence-electron chi connectivity index (χ4n) is 1.73. The van der Waals surface area contributed by atoms with E-state index in [9.17, 15) is 14.7 Å². The van der Waals surface area contributed by atoms with E-state index in [0.29, 0.717) is 5.56 Å². The van der Waals surface area contributed by atoms with Crippen LogP contribution >= 0.6 is 0 Å². The number of ether oxygens (including phenoxy) is 1. The number of phenolic OH excluding ortho intramolecular Hbond substituents is 1. The van der Waals surface area contributed by atoms with Crippen LogP contribution in [0.15, 0.2) is 36.9 Å². The Kier molecular flexibility index (Phi) is 6.09. The molecule has 6 heteroatoms. The second-order valence-corrected chi connectivity index (χ2v) is 4.12. The first-order valence-electron chi connectivity index (χ1n) is 6.05. The number of amides is 1. The number of carboxylic acids is 1. The van der Waals surface area contributed by atoms with E-state index in [4.69, 9.17) is 9.84 Å². The smallest absolute Gasteiger partial charge is 0.407 e. The highest BCUT2D eigenvalue weighted by atomic mass is 16.5. The van der Waals surface area contributed by atoms with Crippen molar-refractivity contribution in [3.8, 4) is 5.75 Å². The number of benzene rings is 1. The van der Waals surface area contributed by atoms with Crippen LogP contribution in [0.3, 0.4) is 0 Å². The molecule has 1 unspecified atom stereocenters. The zero-order chi connectivity index (χ0) is 15.0. The van der Waals surface area contributed by atoms with Gasteiger partial charge >= 0.3 is 12.1 Å². The SMILES string of the molecule is C=CCOC(=O)NCC(CC(=O)O)c1ccccc1O. The van der Waals surface area contributed by atoms with E-state index in [1.54, 1.807) is 18.2 Å². The van der Waals surface area contributed by atoms with Crippen LogP contribution in [0.5, 0.6) is 5.75 Å². The van der Waals surface area contributed by atoms with Gasteiger partial charge in [-0.05, 0) is 11.6 Å². The van der Waals surface area contributed by atoms with E-state index in [0.717, 1.165) is 0 Å². The zero-order valence-electron chi connectivity index (χ0n) is 10.9. The van der Waals surface area contributed by atoms with Crippen molar-refractivity contribution in [1.82, 2.24) is 5.32 Å². The average molecular weight is 279 g/mol. The Balaban J connectivity index is 2.70. The maximum absolute atomic E-state index is 11.3. The Morgan fingerprint density at radius 3 is 2.70 bits per heavy atom. The van der Waals surface area contributed by atoms with Crippen molar-refractivity contribution in [3.05, 3.63) is 42.5 Å². The molecule has 0 fully saturated rings. The van der Waals surface area contributed by atoms with Crippen LogP contribution in [0.2, 0.25) is 0 Å². The molecule has 20 heavy (non-hydrogen) atoms. The van der Waals surface area contributed by atoms with Gasteiger partial charge in [-0.15, -0.1) is 0 Å². The number of aliphatic carboxylic acids is 1. The minimum Gasteiger partial charge on any atom is -0.508 e. The van der Waals surface area contributed by atoms with Gasteiger partial charge in [-0.2, -0.15) is 0 Å². The van der Waals surface area contributed by atoms with E-state index in [1.807, 2.05) is 0 Å². The van der Waals surface area contributed by atoms with Crippen LogP contribution in [-0.4, -0.2) is 35.4 Å². The molecule has 0 bridgehead atoms. The largest absolute Gasteiger partial charge is 0.508 e. The summed E-state index contributed by atoms with van der Waals surface area (Å²) in [5.74, 6) is -1.55. The quantitative estimate of drug-likeness (QED) is 0.662. The van der Waals surface area contributed by atoms with E-state index < -0.39 is 18.0 Å². The predicted octanol–water partition coefficient (Wildman–Crippen LogP) is 1.86. The van der Waals surface area contributed by atoms with Crippen molar-refractivity contribution in [2.75, 3.05) is 13.2 Å². The van der Waals surface area contributed by atoms with Crippen LogP contribution in [0, 0.1) is 0 Å². The van der Waals surface area contributed by atoms with Crippen LogP contribution in [0.25, 0.3) is 0 Å². The van der Waals surface area contributed by atoms with Crippen LogP contribution < -0.4 is 5.32 Å². The molecular formula is C14H17NO5. The van der Waals surface area contributed by atoms with Gasteiger partial charge in [-0.3, -0.25) is 4.79 Å². The van der Waals surface area contributed by atoms with E-state index in [-0.39, 0.29) is 25.3 Å². The van der Waals surface area contributed by atoms with Crippen LogP contribution in [0.1, 0.15) is 17.9 Å². The molecule has 0 aliphatic rings. The lowest BCUT2D eigenvalue weighted by Crippen LogP contribution is -2.30. The predicted molar refractivity (Wildman–Crippen MR) is 72.6 cm³/mol. The maximum Gasteiger partial charge on any atom is 0.407 e. The number of nitrogens with one attached hydrogen (secondary N) is 1. The first-order chi connectivity index (χ1) is 9.54. The first-order valence-corrected chi connectivity index (χ1v) is 6.05. The summed E-state index contributed by atoms with van der Waals surface area (Å²) in [4.78, 5) is 22.2. The molecular weight excluding hydrogens is 262 g/mol. The summed E-state index contributed by atoms with van der Waals surface area (Å²) in [6.45, 7) is 3.54. The number of carbonyl (C=O) groups excluding carboxylic acids is 1. The Hall–Kier alpha value is -2.50. The van der Waals surface area contributed by atoms with Crippen LogP contribution in [-0.2, 0) is 9.53 Å². The molecule has 1 aromatic rings. The van der Waals surface area contributed by atoms with Gasteiger partial charge in [-0.25, -0.2) is 4.79 Å². The topological polar surface area (TPSA) is 95.9 Å². The van der Waals surface area contributed by atoms with Crippen molar-refractivity contribution < 1.29 is 24.5 Å². The summed E-state index contributed by atoms with van der Waals surface area (Å²) in [5.41, 5.74) is 0.471. The third kappa shape index (κ3) is 5.01. The molecule has 1 rings (SSSR count). The highest BCUT2D eigenvalue weighted by Crippen LogP contribution is 2.27.